The zero-order chi connectivity index (χ0) is 10.3. The molecule has 82 valence electrons. The quantitative estimate of drug-likeness (QED) is 0.741. The highest BCUT2D eigenvalue weighted by Crippen LogP contribution is 2.41. The lowest BCUT2D eigenvalue weighted by molar-refractivity contribution is 0.582. The molecule has 2 fully saturated rings. The normalized spacial score (nSPS) is 22.5. The molecule has 0 spiro atoms. The third-order valence-corrected chi connectivity index (χ3v) is 3.78. The van der Waals surface area contributed by atoms with E-state index in [2.05, 4.69) is 14.8 Å². The Labute approximate surface area is 94.8 Å². The summed E-state index contributed by atoms with van der Waals surface area (Å²) in [6.07, 6.45) is 7.82. The summed E-state index contributed by atoms with van der Waals surface area (Å²) in [7, 11) is 0. The molecule has 0 aromatic carbocycles. The van der Waals surface area contributed by atoms with Crippen molar-refractivity contribution in [2.75, 3.05) is 0 Å². The van der Waals surface area contributed by atoms with E-state index in [-0.39, 0.29) is 0 Å². The van der Waals surface area contributed by atoms with Crippen LogP contribution in [0.4, 0.5) is 0 Å². The Balaban J connectivity index is 1.94. The molecule has 2 aliphatic rings. The fraction of sp³-hybridized carbons (Fsp3) is 0.818. The molecular formula is C11H16ClN3. The van der Waals surface area contributed by atoms with E-state index in [0.29, 0.717) is 17.8 Å². The van der Waals surface area contributed by atoms with Crippen molar-refractivity contribution in [3.8, 4) is 0 Å². The van der Waals surface area contributed by atoms with Gasteiger partial charge in [0.1, 0.15) is 11.6 Å². The van der Waals surface area contributed by atoms with E-state index in [1.165, 1.54) is 44.3 Å². The molecule has 0 amide bonds. The molecule has 3 rings (SSSR count). The summed E-state index contributed by atoms with van der Waals surface area (Å²) in [4.78, 5) is 0. The van der Waals surface area contributed by atoms with E-state index in [4.69, 9.17) is 11.6 Å². The van der Waals surface area contributed by atoms with Crippen LogP contribution < -0.4 is 0 Å². The van der Waals surface area contributed by atoms with Gasteiger partial charge in [-0.3, -0.25) is 0 Å². The van der Waals surface area contributed by atoms with Crippen molar-refractivity contribution in [3.05, 3.63) is 11.6 Å². The lowest BCUT2D eigenvalue weighted by Gasteiger charge is -2.12. The van der Waals surface area contributed by atoms with Gasteiger partial charge in [-0.1, -0.05) is 12.8 Å². The van der Waals surface area contributed by atoms with Crippen LogP contribution >= 0.6 is 11.6 Å². The van der Waals surface area contributed by atoms with Gasteiger partial charge in [0.15, 0.2) is 0 Å². The maximum absolute atomic E-state index is 5.90. The summed E-state index contributed by atoms with van der Waals surface area (Å²) < 4.78 is 2.32. The van der Waals surface area contributed by atoms with Gasteiger partial charge < -0.3 is 4.57 Å². The molecule has 1 aromatic rings. The third kappa shape index (κ3) is 1.67. The number of aromatic nitrogens is 3. The molecule has 2 aliphatic carbocycles. The smallest absolute Gasteiger partial charge is 0.148 e. The zero-order valence-corrected chi connectivity index (χ0v) is 9.58. The summed E-state index contributed by atoms with van der Waals surface area (Å²) in [5.41, 5.74) is 0. The Kier molecular flexibility index (Phi) is 2.43. The van der Waals surface area contributed by atoms with Crippen LogP contribution in [0.1, 0.15) is 62.1 Å². The molecule has 0 bridgehead atoms. The fourth-order valence-corrected chi connectivity index (χ4v) is 2.80. The van der Waals surface area contributed by atoms with Crippen LogP contribution in [0.3, 0.4) is 0 Å². The second-order valence-electron chi connectivity index (χ2n) is 4.69. The first-order chi connectivity index (χ1) is 7.40. The van der Waals surface area contributed by atoms with Gasteiger partial charge in [-0.2, -0.15) is 0 Å². The van der Waals surface area contributed by atoms with Crippen LogP contribution in [0.15, 0.2) is 0 Å². The second-order valence-corrected chi connectivity index (χ2v) is 4.96. The maximum atomic E-state index is 5.90. The number of alkyl halides is 1. The predicted molar refractivity (Wildman–Crippen MR) is 59.1 cm³/mol. The van der Waals surface area contributed by atoms with Gasteiger partial charge in [-0.25, -0.2) is 0 Å². The van der Waals surface area contributed by atoms with Gasteiger partial charge in [0.25, 0.3) is 0 Å². The number of halogens is 1. The minimum Gasteiger partial charge on any atom is -0.311 e. The van der Waals surface area contributed by atoms with Crippen LogP contribution in [0, 0.1) is 0 Å². The zero-order valence-electron chi connectivity index (χ0n) is 8.82. The lowest BCUT2D eigenvalue weighted by atomic mass is 10.1. The Morgan fingerprint density at radius 3 is 2.47 bits per heavy atom. The second kappa shape index (κ2) is 3.78. The summed E-state index contributed by atoms with van der Waals surface area (Å²) in [5.74, 6) is 3.33. The van der Waals surface area contributed by atoms with Crippen molar-refractivity contribution in [2.24, 2.45) is 0 Å². The largest absolute Gasteiger partial charge is 0.311 e. The average Bonchev–Trinajstić information content (AvgIpc) is 2.83. The van der Waals surface area contributed by atoms with Gasteiger partial charge in [-0.15, -0.1) is 21.8 Å². The Morgan fingerprint density at radius 1 is 1.13 bits per heavy atom. The molecule has 4 heteroatoms. The van der Waals surface area contributed by atoms with Crippen LogP contribution in [0.5, 0.6) is 0 Å². The standard InChI is InChI=1S/C11H16ClN3/c12-7-10-13-14-11(8-3-1-2-4-8)15(10)9-5-6-9/h8-9H,1-7H2. The fourth-order valence-electron chi connectivity index (χ4n) is 2.62. The van der Waals surface area contributed by atoms with Crippen molar-refractivity contribution in [3.63, 3.8) is 0 Å². The highest BCUT2D eigenvalue weighted by atomic mass is 35.5. The van der Waals surface area contributed by atoms with Crippen LogP contribution in [-0.2, 0) is 5.88 Å². The SMILES string of the molecule is ClCc1nnc(C2CCCC2)n1C1CC1. The number of hydrogen-bond donors (Lipinski definition) is 0. The topological polar surface area (TPSA) is 30.7 Å². The monoisotopic (exact) mass is 225 g/mol. The molecular weight excluding hydrogens is 210 g/mol. The molecule has 1 heterocycles. The third-order valence-electron chi connectivity index (χ3n) is 3.54. The number of rotatable bonds is 3. The van der Waals surface area contributed by atoms with E-state index in [1.54, 1.807) is 0 Å². The average molecular weight is 226 g/mol. The van der Waals surface area contributed by atoms with Crippen molar-refractivity contribution < 1.29 is 0 Å². The van der Waals surface area contributed by atoms with Gasteiger partial charge >= 0.3 is 0 Å². The van der Waals surface area contributed by atoms with Crippen molar-refractivity contribution in [1.82, 2.24) is 14.8 Å². The molecule has 0 unspecified atom stereocenters. The van der Waals surface area contributed by atoms with Crippen LogP contribution in [-0.4, -0.2) is 14.8 Å². The first-order valence-corrected chi connectivity index (χ1v) is 6.43. The molecule has 3 nitrogen and oxygen atoms in total. The van der Waals surface area contributed by atoms with E-state index >= 15 is 0 Å². The van der Waals surface area contributed by atoms with E-state index < -0.39 is 0 Å². The Bertz CT molecular complexity index is 351. The summed E-state index contributed by atoms with van der Waals surface area (Å²) in [6.45, 7) is 0. The van der Waals surface area contributed by atoms with Crippen molar-refractivity contribution >= 4 is 11.6 Å². The van der Waals surface area contributed by atoms with E-state index in [0.717, 1.165) is 5.82 Å². The Morgan fingerprint density at radius 2 is 1.87 bits per heavy atom. The van der Waals surface area contributed by atoms with Gasteiger partial charge in [0.2, 0.25) is 0 Å². The highest BCUT2D eigenvalue weighted by Gasteiger charge is 2.32. The van der Waals surface area contributed by atoms with E-state index in [1.807, 2.05) is 0 Å². The van der Waals surface area contributed by atoms with Gasteiger partial charge in [0.05, 0.1) is 5.88 Å². The summed E-state index contributed by atoms with van der Waals surface area (Å²) in [5, 5.41) is 8.58. The number of hydrogen-bond acceptors (Lipinski definition) is 2. The molecule has 2 saturated carbocycles. The van der Waals surface area contributed by atoms with Crippen molar-refractivity contribution in [1.29, 1.82) is 0 Å². The van der Waals surface area contributed by atoms with Crippen LogP contribution in [0.25, 0.3) is 0 Å². The van der Waals surface area contributed by atoms with Crippen molar-refractivity contribution in [2.45, 2.75) is 56.4 Å². The van der Waals surface area contributed by atoms with Gasteiger partial charge in [0, 0.05) is 12.0 Å². The lowest BCUT2D eigenvalue weighted by Crippen LogP contribution is -2.08. The molecule has 0 saturated heterocycles. The predicted octanol–water partition coefficient (Wildman–Crippen LogP) is 3.01. The number of nitrogens with zero attached hydrogens (tertiary/aromatic N) is 3. The highest BCUT2D eigenvalue weighted by molar-refractivity contribution is 6.16. The minimum atomic E-state index is 0.496. The minimum absolute atomic E-state index is 0.496. The molecule has 0 N–H and O–H groups in total. The molecule has 15 heavy (non-hydrogen) atoms. The first kappa shape index (κ1) is 9.64. The first-order valence-electron chi connectivity index (χ1n) is 5.90. The molecule has 0 aliphatic heterocycles. The van der Waals surface area contributed by atoms with Gasteiger partial charge in [-0.05, 0) is 25.7 Å². The maximum Gasteiger partial charge on any atom is 0.148 e. The molecule has 0 atom stereocenters. The summed E-state index contributed by atoms with van der Waals surface area (Å²) in [6, 6.07) is 0.657. The summed E-state index contributed by atoms with van der Waals surface area (Å²) >= 11 is 5.90. The van der Waals surface area contributed by atoms with Crippen LogP contribution in [0.2, 0.25) is 0 Å². The van der Waals surface area contributed by atoms with E-state index in [9.17, 15) is 0 Å². The Hall–Kier alpha value is -0.570. The molecule has 0 radical (unpaired) electrons. The molecule has 1 aromatic heterocycles.